The summed E-state index contributed by atoms with van der Waals surface area (Å²) in [5.74, 6) is 0. The van der Waals surface area contributed by atoms with Gasteiger partial charge in [0.25, 0.3) is 0 Å². The molecular weight excluding hydrogens is 207 g/mol. The second-order valence-electron chi connectivity index (χ2n) is 2.81. The van der Waals surface area contributed by atoms with Gasteiger partial charge in [0.1, 0.15) is 0 Å². The van der Waals surface area contributed by atoms with E-state index in [2.05, 4.69) is 0 Å². The van der Waals surface area contributed by atoms with E-state index in [4.69, 9.17) is 22.3 Å². The Morgan fingerprint density at radius 2 is 1.73 bits per heavy atom. The highest BCUT2D eigenvalue weighted by Gasteiger charge is 2.32. The molecule has 2 atom stereocenters. The van der Waals surface area contributed by atoms with E-state index in [9.17, 15) is 8.42 Å². The third-order valence-electron chi connectivity index (χ3n) is 1.98. The molecule has 0 radical (unpaired) electrons. The molecule has 5 heteroatoms. The predicted molar refractivity (Wildman–Crippen MR) is 46.7 cm³/mol. The van der Waals surface area contributed by atoms with Crippen LogP contribution in [0, 0.1) is 0 Å². The topological polar surface area (TPSA) is 34.1 Å². The summed E-state index contributed by atoms with van der Waals surface area (Å²) in [6, 6.07) is 0. The molecule has 0 aliphatic heterocycles. The van der Waals surface area contributed by atoms with Crippen LogP contribution in [0.4, 0.5) is 0 Å². The molecule has 0 bridgehead atoms. The van der Waals surface area contributed by atoms with Gasteiger partial charge in [-0.3, -0.25) is 0 Å². The van der Waals surface area contributed by atoms with E-state index in [-0.39, 0.29) is 5.38 Å². The first-order valence-corrected chi connectivity index (χ1v) is 6.40. The van der Waals surface area contributed by atoms with Crippen molar-refractivity contribution >= 4 is 31.3 Å². The van der Waals surface area contributed by atoms with E-state index < -0.39 is 14.3 Å². The molecule has 0 aromatic heterocycles. The minimum atomic E-state index is -3.43. The first kappa shape index (κ1) is 9.62. The second kappa shape index (κ2) is 3.50. The van der Waals surface area contributed by atoms with Crippen LogP contribution in [0.15, 0.2) is 0 Å². The average Bonchev–Trinajstić information content (AvgIpc) is 1.86. The third-order valence-corrected chi connectivity index (χ3v) is 4.63. The maximum atomic E-state index is 10.9. The van der Waals surface area contributed by atoms with Crippen LogP contribution in [0.2, 0.25) is 0 Å². The molecular formula is C6H10Cl2O2S. The van der Waals surface area contributed by atoms with E-state index in [1.807, 2.05) is 0 Å². The largest absolute Gasteiger partial charge is 0.236 e. The van der Waals surface area contributed by atoms with Gasteiger partial charge in [0.15, 0.2) is 0 Å². The SMILES string of the molecule is O=S(=O)(Cl)C1CCCCC1Cl. The summed E-state index contributed by atoms with van der Waals surface area (Å²) in [5.41, 5.74) is 0. The van der Waals surface area contributed by atoms with Crippen molar-refractivity contribution < 1.29 is 8.42 Å². The lowest BCUT2D eigenvalue weighted by Gasteiger charge is -2.23. The minimum absolute atomic E-state index is 0.286. The third kappa shape index (κ3) is 2.49. The standard InChI is InChI=1S/C6H10Cl2O2S/c7-5-3-1-2-4-6(5)11(8,9)10/h5-6H,1-4H2. The van der Waals surface area contributed by atoms with Crippen molar-refractivity contribution in [3.8, 4) is 0 Å². The van der Waals surface area contributed by atoms with Gasteiger partial charge in [-0.1, -0.05) is 12.8 Å². The first-order chi connectivity index (χ1) is 5.02. The number of alkyl halides is 1. The molecule has 0 aromatic rings. The molecule has 1 fully saturated rings. The lowest BCUT2D eigenvalue weighted by atomic mass is 10.00. The fraction of sp³-hybridized carbons (Fsp3) is 1.00. The van der Waals surface area contributed by atoms with Crippen molar-refractivity contribution in [1.82, 2.24) is 0 Å². The Morgan fingerprint density at radius 1 is 1.18 bits per heavy atom. The van der Waals surface area contributed by atoms with E-state index >= 15 is 0 Å². The summed E-state index contributed by atoms with van der Waals surface area (Å²) in [4.78, 5) is 0. The molecule has 1 aliphatic rings. The van der Waals surface area contributed by atoms with Gasteiger partial charge in [0, 0.05) is 10.7 Å². The Kier molecular flexibility index (Phi) is 3.06. The molecule has 0 heterocycles. The van der Waals surface area contributed by atoms with Crippen LogP contribution in [-0.4, -0.2) is 19.0 Å². The Hall–Kier alpha value is 0.530. The Labute approximate surface area is 76.3 Å². The van der Waals surface area contributed by atoms with Crippen LogP contribution in [0.5, 0.6) is 0 Å². The lowest BCUT2D eigenvalue weighted by Crippen LogP contribution is -2.30. The van der Waals surface area contributed by atoms with Gasteiger partial charge >= 0.3 is 0 Å². The van der Waals surface area contributed by atoms with Crippen molar-refractivity contribution in [2.24, 2.45) is 0 Å². The van der Waals surface area contributed by atoms with Gasteiger partial charge in [-0.25, -0.2) is 8.42 Å². The van der Waals surface area contributed by atoms with Gasteiger partial charge in [-0.2, -0.15) is 0 Å². The first-order valence-electron chi connectivity index (χ1n) is 3.59. The van der Waals surface area contributed by atoms with Crippen LogP contribution < -0.4 is 0 Å². The Balaban J connectivity index is 2.70. The Bertz CT molecular complexity index is 225. The zero-order valence-electron chi connectivity index (χ0n) is 5.96. The van der Waals surface area contributed by atoms with Gasteiger partial charge < -0.3 is 0 Å². The lowest BCUT2D eigenvalue weighted by molar-refractivity contribution is 0.496. The molecule has 0 saturated heterocycles. The number of hydrogen-bond acceptors (Lipinski definition) is 2. The fourth-order valence-electron chi connectivity index (χ4n) is 1.37. The highest BCUT2D eigenvalue weighted by Crippen LogP contribution is 2.29. The van der Waals surface area contributed by atoms with Crippen LogP contribution >= 0.6 is 22.3 Å². The summed E-state index contributed by atoms with van der Waals surface area (Å²) >= 11 is 5.80. The molecule has 2 unspecified atom stereocenters. The normalized spacial score (nSPS) is 33.6. The highest BCUT2D eigenvalue weighted by molar-refractivity contribution is 8.14. The van der Waals surface area contributed by atoms with Gasteiger partial charge in [0.05, 0.1) is 10.6 Å². The average molecular weight is 217 g/mol. The number of halogens is 2. The summed E-state index contributed by atoms with van der Waals surface area (Å²) in [6.45, 7) is 0. The van der Waals surface area contributed by atoms with E-state index in [0.717, 1.165) is 19.3 Å². The monoisotopic (exact) mass is 216 g/mol. The maximum Gasteiger partial charge on any atom is 0.236 e. The zero-order chi connectivity index (χ0) is 8.48. The summed E-state index contributed by atoms with van der Waals surface area (Å²) < 4.78 is 21.8. The van der Waals surface area contributed by atoms with Crippen LogP contribution in [0.3, 0.4) is 0 Å². The van der Waals surface area contributed by atoms with E-state index in [1.165, 1.54) is 0 Å². The Morgan fingerprint density at radius 3 is 2.09 bits per heavy atom. The van der Waals surface area contributed by atoms with Crippen LogP contribution in [0.25, 0.3) is 0 Å². The van der Waals surface area contributed by atoms with Crippen molar-refractivity contribution in [1.29, 1.82) is 0 Å². The van der Waals surface area contributed by atoms with E-state index in [0.29, 0.717) is 6.42 Å². The maximum absolute atomic E-state index is 10.9. The minimum Gasteiger partial charge on any atom is -0.212 e. The van der Waals surface area contributed by atoms with Crippen molar-refractivity contribution in [3.05, 3.63) is 0 Å². The quantitative estimate of drug-likeness (QED) is 0.498. The molecule has 0 amide bonds. The van der Waals surface area contributed by atoms with Gasteiger partial charge in [-0.05, 0) is 12.8 Å². The van der Waals surface area contributed by atoms with Crippen molar-refractivity contribution in [3.63, 3.8) is 0 Å². The van der Waals surface area contributed by atoms with Crippen molar-refractivity contribution in [2.75, 3.05) is 0 Å². The van der Waals surface area contributed by atoms with Crippen LogP contribution in [-0.2, 0) is 9.05 Å². The van der Waals surface area contributed by atoms with Crippen LogP contribution in [0.1, 0.15) is 25.7 Å². The molecule has 66 valence electrons. The zero-order valence-corrected chi connectivity index (χ0v) is 8.29. The molecule has 0 aromatic carbocycles. The summed E-state index contributed by atoms with van der Waals surface area (Å²) in [7, 11) is 1.76. The molecule has 1 saturated carbocycles. The second-order valence-corrected chi connectivity index (χ2v) is 6.22. The van der Waals surface area contributed by atoms with Crippen molar-refractivity contribution in [2.45, 2.75) is 36.3 Å². The fourth-order valence-corrected chi connectivity index (χ4v) is 3.79. The van der Waals surface area contributed by atoms with E-state index in [1.54, 1.807) is 0 Å². The molecule has 1 rings (SSSR count). The summed E-state index contributed by atoms with van der Waals surface area (Å²) in [5, 5.41) is -0.814. The molecule has 0 N–H and O–H groups in total. The predicted octanol–water partition coefficient (Wildman–Crippen LogP) is 2.10. The molecule has 0 spiro atoms. The smallest absolute Gasteiger partial charge is 0.212 e. The number of rotatable bonds is 1. The molecule has 11 heavy (non-hydrogen) atoms. The molecule has 2 nitrogen and oxygen atoms in total. The molecule has 1 aliphatic carbocycles. The van der Waals surface area contributed by atoms with Gasteiger partial charge in [-0.15, -0.1) is 11.6 Å². The number of hydrogen-bond donors (Lipinski definition) is 0. The summed E-state index contributed by atoms with van der Waals surface area (Å²) in [6.07, 6.45) is 3.30. The highest BCUT2D eigenvalue weighted by atomic mass is 35.7. The van der Waals surface area contributed by atoms with Gasteiger partial charge in [0.2, 0.25) is 9.05 Å².